The van der Waals surface area contributed by atoms with Crippen LogP contribution in [0.15, 0.2) is 54.6 Å². The van der Waals surface area contributed by atoms with E-state index in [1.54, 1.807) is 5.56 Å². The van der Waals surface area contributed by atoms with E-state index in [9.17, 15) is 0 Å². The molecular formula is C18H23BO3. The summed E-state index contributed by atoms with van der Waals surface area (Å²) in [5, 5.41) is 21.5. The van der Waals surface area contributed by atoms with Crippen molar-refractivity contribution in [1.82, 2.24) is 0 Å². The van der Waals surface area contributed by atoms with Gasteiger partial charge in [0.15, 0.2) is 0 Å². The van der Waals surface area contributed by atoms with E-state index in [0.717, 1.165) is 5.92 Å². The van der Waals surface area contributed by atoms with Crippen molar-refractivity contribution >= 4 is 7.32 Å². The third-order valence-electron chi connectivity index (χ3n) is 4.09. The smallest absolute Gasteiger partial charge is 0.402 e. The van der Waals surface area contributed by atoms with Gasteiger partial charge in [-0.25, -0.2) is 0 Å². The largest absolute Gasteiger partial charge is 0.631 e. The number of hydrogen-bond acceptors (Lipinski definition) is 3. The molecule has 22 heavy (non-hydrogen) atoms. The third kappa shape index (κ3) is 4.99. The van der Waals surface area contributed by atoms with Crippen LogP contribution in [0.2, 0.25) is 0 Å². The lowest BCUT2D eigenvalue weighted by Gasteiger charge is -2.24. The number of benzene rings is 2. The highest BCUT2D eigenvalue weighted by Crippen LogP contribution is 2.37. The molecule has 0 saturated heterocycles. The third-order valence-corrected chi connectivity index (χ3v) is 4.09. The topological polar surface area (TPSA) is 60.7 Å². The molecule has 2 aromatic rings. The zero-order valence-corrected chi connectivity index (χ0v) is 12.7. The van der Waals surface area contributed by atoms with Crippen molar-refractivity contribution in [3.63, 3.8) is 0 Å². The molecule has 1 fully saturated rings. The SMILES string of the molecule is OB(O)O.c1ccc(-c2ccccc2C2CCCCC2)cc1. The molecule has 0 aromatic heterocycles. The van der Waals surface area contributed by atoms with Gasteiger partial charge in [0, 0.05) is 0 Å². The summed E-state index contributed by atoms with van der Waals surface area (Å²) in [6.07, 6.45) is 6.94. The molecule has 0 radical (unpaired) electrons. The Morgan fingerprint density at radius 2 is 1.27 bits per heavy atom. The van der Waals surface area contributed by atoms with E-state index >= 15 is 0 Å². The minimum Gasteiger partial charge on any atom is -0.402 e. The van der Waals surface area contributed by atoms with Gasteiger partial charge >= 0.3 is 7.32 Å². The van der Waals surface area contributed by atoms with Crippen molar-refractivity contribution in [3.8, 4) is 11.1 Å². The van der Waals surface area contributed by atoms with Crippen LogP contribution in [0.4, 0.5) is 0 Å². The quantitative estimate of drug-likeness (QED) is 0.745. The second-order valence-corrected chi connectivity index (χ2v) is 5.63. The van der Waals surface area contributed by atoms with E-state index in [1.807, 2.05) is 0 Å². The summed E-state index contributed by atoms with van der Waals surface area (Å²) < 4.78 is 0. The fourth-order valence-electron chi connectivity index (χ4n) is 3.15. The summed E-state index contributed by atoms with van der Waals surface area (Å²) in [6, 6.07) is 19.8. The molecule has 1 aliphatic carbocycles. The first kappa shape index (κ1) is 16.8. The van der Waals surface area contributed by atoms with Crippen LogP contribution in [0, 0.1) is 0 Å². The Balaban J connectivity index is 0.000000396. The minimum atomic E-state index is -2.17. The molecule has 0 heterocycles. The highest BCUT2D eigenvalue weighted by atomic mass is 16.5. The van der Waals surface area contributed by atoms with Crippen molar-refractivity contribution in [2.24, 2.45) is 0 Å². The molecule has 3 N–H and O–H groups in total. The molecule has 3 rings (SSSR count). The first-order valence-corrected chi connectivity index (χ1v) is 7.87. The maximum atomic E-state index is 7.17. The number of rotatable bonds is 2. The Morgan fingerprint density at radius 1 is 0.727 bits per heavy atom. The molecule has 1 aliphatic rings. The van der Waals surface area contributed by atoms with Crippen LogP contribution in [0.25, 0.3) is 11.1 Å². The average molecular weight is 298 g/mol. The summed E-state index contributed by atoms with van der Waals surface area (Å²) in [5.41, 5.74) is 4.35. The van der Waals surface area contributed by atoms with Crippen LogP contribution in [0.5, 0.6) is 0 Å². The molecule has 0 amide bonds. The lowest BCUT2D eigenvalue weighted by atomic mass is 9.81. The van der Waals surface area contributed by atoms with Gasteiger partial charge in [-0.15, -0.1) is 0 Å². The monoisotopic (exact) mass is 298 g/mol. The molecule has 1 saturated carbocycles. The summed E-state index contributed by atoms with van der Waals surface area (Å²) >= 11 is 0. The fourth-order valence-corrected chi connectivity index (χ4v) is 3.15. The Kier molecular flexibility index (Phi) is 6.65. The minimum absolute atomic E-state index is 0.773. The molecule has 0 bridgehead atoms. The molecule has 4 heteroatoms. The second-order valence-electron chi connectivity index (χ2n) is 5.63. The van der Waals surface area contributed by atoms with Crippen molar-refractivity contribution < 1.29 is 15.1 Å². The second kappa shape index (κ2) is 8.74. The van der Waals surface area contributed by atoms with Crippen molar-refractivity contribution in [1.29, 1.82) is 0 Å². The summed E-state index contributed by atoms with van der Waals surface area (Å²) in [6.45, 7) is 0. The Bertz CT molecular complexity index is 549. The van der Waals surface area contributed by atoms with E-state index < -0.39 is 7.32 Å². The van der Waals surface area contributed by atoms with Crippen LogP contribution in [-0.4, -0.2) is 22.4 Å². The van der Waals surface area contributed by atoms with Gasteiger partial charge < -0.3 is 15.1 Å². The van der Waals surface area contributed by atoms with E-state index in [4.69, 9.17) is 15.1 Å². The highest BCUT2D eigenvalue weighted by Gasteiger charge is 2.18. The average Bonchev–Trinajstić information content (AvgIpc) is 2.56. The Labute approximate surface area is 132 Å². The Hall–Kier alpha value is -1.62. The molecule has 3 nitrogen and oxygen atoms in total. The van der Waals surface area contributed by atoms with Gasteiger partial charge in [-0.05, 0) is 35.4 Å². The molecular weight excluding hydrogens is 275 g/mol. The lowest BCUT2D eigenvalue weighted by Crippen LogP contribution is -2.07. The molecule has 0 aliphatic heterocycles. The van der Waals surface area contributed by atoms with Crippen LogP contribution < -0.4 is 0 Å². The molecule has 0 spiro atoms. The van der Waals surface area contributed by atoms with E-state index in [1.165, 1.54) is 43.2 Å². The predicted octanol–water partition coefficient (Wildman–Crippen LogP) is 3.35. The van der Waals surface area contributed by atoms with E-state index in [0.29, 0.717) is 0 Å². The van der Waals surface area contributed by atoms with Gasteiger partial charge in [0.05, 0.1) is 0 Å². The van der Waals surface area contributed by atoms with E-state index in [2.05, 4.69) is 54.6 Å². The van der Waals surface area contributed by atoms with Crippen LogP contribution in [-0.2, 0) is 0 Å². The summed E-state index contributed by atoms with van der Waals surface area (Å²) in [4.78, 5) is 0. The maximum Gasteiger partial charge on any atom is 0.631 e. The van der Waals surface area contributed by atoms with Crippen LogP contribution in [0.3, 0.4) is 0 Å². The summed E-state index contributed by atoms with van der Waals surface area (Å²) in [7, 11) is -2.17. The normalized spacial score (nSPS) is 14.9. The van der Waals surface area contributed by atoms with Crippen molar-refractivity contribution in [2.75, 3.05) is 0 Å². The van der Waals surface area contributed by atoms with Crippen molar-refractivity contribution in [3.05, 3.63) is 60.2 Å². The fraction of sp³-hybridized carbons (Fsp3) is 0.333. The highest BCUT2D eigenvalue weighted by molar-refractivity contribution is 6.30. The first-order valence-electron chi connectivity index (χ1n) is 7.87. The van der Waals surface area contributed by atoms with Gasteiger partial charge in [0.2, 0.25) is 0 Å². The zero-order chi connectivity index (χ0) is 15.8. The van der Waals surface area contributed by atoms with Crippen molar-refractivity contribution in [2.45, 2.75) is 38.0 Å². The standard InChI is InChI=1S/C18H20.BH3O3/c1-3-9-15(10-4-1)17-13-7-8-14-18(17)16-11-5-2-6-12-16;2-1(3)4/h1,3-4,7-10,13-14,16H,2,5-6,11-12H2;2-4H. The lowest BCUT2D eigenvalue weighted by molar-refractivity contribution is 0.278. The first-order chi connectivity index (χ1) is 10.7. The van der Waals surface area contributed by atoms with Gasteiger partial charge in [-0.1, -0.05) is 73.9 Å². The maximum absolute atomic E-state index is 7.17. The van der Waals surface area contributed by atoms with Gasteiger partial charge in [0.1, 0.15) is 0 Å². The molecule has 0 unspecified atom stereocenters. The van der Waals surface area contributed by atoms with Gasteiger partial charge in [0.25, 0.3) is 0 Å². The van der Waals surface area contributed by atoms with Gasteiger partial charge in [-0.2, -0.15) is 0 Å². The predicted molar refractivity (Wildman–Crippen MR) is 90.1 cm³/mol. The number of hydrogen-bond donors (Lipinski definition) is 3. The molecule has 0 atom stereocenters. The zero-order valence-electron chi connectivity index (χ0n) is 12.7. The van der Waals surface area contributed by atoms with Crippen LogP contribution in [0.1, 0.15) is 43.6 Å². The summed E-state index contributed by atoms with van der Waals surface area (Å²) in [5.74, 6) is 0.773. The molecule has 116 valence electrons. The van der Waals surface area contributed by atoms with Crippen LogP contribution >= 0.6 is 0 Å². The van der Waals surface area contributed by atoms with E-state index in [-0.39, 0.29) is 0 Å². The van der Waals surface area contributed by atoms with Gasteiger partial charge in [-0.3, -0.25) is 0 Å². The molecule has 2 aromatic carbocycles. The Morgan fingerprint density at radius 3 is 1.91 bits per heavy atom.